The van der Waals surface area contributed by atoms with Gasteiger partial charge in [-0.2, -0.15) is 5.10 Å². The molecule has 9 heteroatoms. The number of ether oxygens (including phenoxy) is 1. The van der Waals surface area contributed by atoms with Gasteiger partial charge >= 0.3 is 0 Å². The number of hydrazone groups is 1. The number of aliphatic imine (C=N–C) groups is 1. The van der Waals surface area contributed by atoms with Gasteiger partial charge in [-0.25, -0.2) is 20.2 Å². The van der Waals surface area contributed by atoms with Gasteiger partial charge in [0.1, 0.15) is 18.7 Å². The van der Waals surface area contributed by atoms with E-state index < -0.39 is 0 Å². The van der Waals surface area contributed by atoms with E-state index >= 15 is 0 Å². The molecule has 2 aromatic rings. The van der Waals surface area contributed by atoms with Crippen LogP contribution >= 0.6 is 0 Å². The number of nitrogens with zero attached hydrogens (tertiary/aromatic N) is 5. The van der Waals surface area contributed by atoms with Crippen molar-refractivity contribution in [3.63, 3.8) is 0 Å². The third-order valence-corrected chi connectivity index (χ3v) is 5.61. The highest BCUT2D eigenvalue weighted by atomic mass is 16.5. The van der Waals surface area contributed by atoms with Crippen molar-refractivity contribution in [1.82, 2.24) is 20.3 Å². The molecule has 1 atom stereocenters. The van der Waals surface area contributed by atoms with Gasteiger partial charge in [-0.15, -0.1) is 5.10 Å². The first-order valence-corrected chi connectivity index (χ1v) is 10.9. The number of fused-ring (bicyclic) bond motifs is 1. The molecule has 1 aromatic heterocycles. The van der Waals surface area contributed by atoms with Crippen LogP contribution in [0.1, 0.15) is 56.7 Å². The number of nitrogens with one attached hydrogen (secondary N) is 1. The van der Waals surface area contributed by atoms with Crippen LogP contribution in [0, 0.1) is 0 Å². The summed E-state index contributed by atoms with van der Waals surface area (Å²) in [4.78, 5) is 4.38. The first kappa shape index (κ1) is 20.8. The van der Waals surface area contributed by atoms with Gasteiger partial charge in [0.25, 0.3) is 0 Å². The fourth-order valence-corrected chi connectivity index (χ4v) is 3.96. The minimum atomic E-state index is -0.299. The average Bonchev–Trinajstić information content (AvgIpc) is 3.06. The number of aliphatic hydroxyl groups is 1. The van der Waals surface area contributed by atoms with Crippen molar-refractivity contribution in [2.75, 3.05) is 26.3 Å². The van der Waals surface area contributed by atoms with Crippen molar-refractivity contribution in [3.8, 4) is 0 Å². The van der Waals surface area contributed by atoms with Gasteiger partial charge in [-0.3, -0.25) is 0 Å². The fraction of sp³-hybridized carbons (Fsp3) is 0.571. The monoisotopic (exact) mass is 413 g/mol. The number of amidine groups is 2. The molecular weight excluding hydrogens is 382 g/mol. The Morgan fingerprint density at radius 2 is 2.03 bits per heavy atom. The van der Waals surface area contributed by atoms with Crippen LogP contribution in [0.4, 0.5) is 0 Å². The van der Waals surface area contributed by atoms with Crippen LogP contribution < -0.4 is 11.3 Å². The third-order valence-electron chi connectivity index (χ3n) is 5.61. The van der Waals surface area contributed by atoms with Gasteiger partial charge in [-0.05, 0) is 38.2 Å². The summed E-state index contributed by atoms with van der Waals surface area (Å²) < 4.78 is 7.73. The van der Waals surface area contributed by atoms with E-state index in [1.807, 2.05) is 29.1 Å². The highest BCUT2D eigenvalue weighted by Gasteiger charge is 2.18. The maximum Gasteiger partial charge on any atom is 0.177 e. The SMILES string of the molecule is NC(=NC(CO)=NNN1CCCCCC1)c1cccc2nn(C3CCCCO3)cc12. The van der Waals surface area contributed by atoms with Crippen LogP contribution in [0.2, 0.25) is 0 Å². The lowest BCUT2D eigenvalue weighted by molar-refractivity contribution is -0.0390. The van der Waals surface area contributed by atoms with Gasteiger partial charge in [0.15, 0.2) is 5.84 Å². The number of aromatic nitrogens is 2. The Hall–Kier alpha value is -2.49. The Kier molecular flexibility index (Phi) is 6.93. The molecule has 0 radical (unpaired) electrons. The molecule has 9 nitrogen and oxygen atoms in total. The predicted molar refractivity (Wildman–Crippen MR) is 117 cm³/mol. The molecule has 0 bridgehead atoms. The van der Waals surface area contributed by atoms with Gasteiger partial charge in [0.05, 0.1) is 5.52 Å². The molecule has 2 saturated heterocycles. The highest BCUT2D eigenvalue weighted by molar-refractivity contribution is 6.12. The maximum atomic E-state index is 9.71. The summed E-state index contributed by atoms with van der Waals surface area (Å²) in [6.45, 7) is 2.33. The Morgan fingerprint density at radius 3 is 2.77 bits per heavy atom. The van der Waals surface area contributed by atoms with Crippen molar-refractivity contribution in [2.45, 2.75) is 51.2 Å². The van der Waals surface area contributed by atoms with E-state index in [9.17, 15) is 5.11 Å². The summed E-state index contributed by atoms with van der Waals surface area (Å²) in [7, 11) is 0. The molecule has 0 amide bonds. The lowest BCUT2D eigenvalue weighted by atomic mass is 10.1. The number of benzene rings is 1. The van der Waals surface area contributed by atoms with Crippen molar-refractivity contribution in [3.05, 3.63) is 30.0 Å². The number of hydrogen-bond donors (Lipinski definition) is 3. The number of hydrazine groups is 1. The third kappa shape index (κ3) is 4.97. The van der Waals surface area contributed by atoms with E-state index in [-0.39, 0.29) is 18.7 Å². The number of aliphatic hydroxyl groups excluding tert-OH is 1. The molecule has 2 fully saturated rings. The van der Waals surface area contributed by atoms with Crippen molar-refractivity contribution < 1.29 is 9.84 Å². The van der Waals surface area contributed by atoms with Crippen LogP contribution in [0.15, 0.2) is 34.5 Å². The topological polar surface area (TPSA) is 113 Å². The Balaban J connectivity index is 1.54. The second-order valence-corrected chi connectivity index (χ2v) is 7.85. The quantitative estimate of drug-likeness (QED) is 0.393. The number of rotatable bonds is 5. The highest BCUT2D eigenvalue weighted by Crippen LogP contribution is 2.25. The van der Waals surface area contributed by atoms with Gasteiger partial charge in [0.2, 0.25) is 0 Å². The van der Waals surface area contributed by atoms with E-state index in [1.165, 1.54) is 12.8 Å². The summed E-state index contributed by atoms with van der Waals surface area (Å²) in [5, 5.41) is 21.6. The predicted octanol–water partition coefficient (Wildman–Crippen LogP) is 2.13. The summed E-state index contributed by atoms with van der Waals surface area (Å²) in [5.74, 6) is 0.548. The lowest BCUT2D eigenvalue weighted by Gasteiger charge is -2.22. The fourth-order valence-electron chi connectivity index (χ4n) is 3.96. The van der Waals surface area contributed by atoms with Crippen LogP contribution in [0.3, 0.4) is 0 Å². The molecule has 1 aromatic carbocycles. The van der Waals surface area contributed by atoms with E-state index in [2.05, 4.69) is 25.7 Å². The molecule has 3 heterocycles. The Bertz CT molecular complexity index is 894. The van der Waals surface area contributed by atoms with Crippen molar-refractivity contribution >= 4 is 22.6 Å². The van der Waals surface area contributed by atoms with Gasteiger partial charge in [-0.1, -0.05) is 25.0 Å². The van der Waals surface area contributed by atoms with E-state index in [0.29, 0.717) is 5.84 Å². The minimum absolute atomic E-state index is 0.0375. The van der Waals surface area contributed by atoms with Crippen LogP contribution in [-0.4, -0.2) is 57.9 Å². The zero-order valence-electron chi connectivity index (χ0n) is 17.3. The van der Waals surface area contributed by atoms with E-state index in [1.54, 1.807) is 0 Å². The molecule has 2 aliphatic heterocycles. The maximum absolute atomic E-state index is 9.71. The smallest absolute Gasteiger partial charge is 0.177 e. The zero-order valence-corrected chi connectivity index (χ0v) is 17.3. The molecule has 30 heavy (non-hydrogen) atoms. The van der Waals surface area contributed by atoms with E-state index in [0.717, 1.165) is 68.3 Å². The molecule has 0 aliphatic carbocycles. The normalized spacial score (nSPS) is 22.2. The number of hydrogen-bond acceptors (Lipinski definition) is 6. The zero-order chi connectivity index (χ0) is 20.8. The second-order valence-electron chi connectivity index (χ2n) is 7.85. The Labute approximate surface area is 176 Å². The van der Waals surface area contributed by atoms with Crippen molar-refractivity contribution in [1.29, 1.82) is 0 Å². The molecule has 1 unspecified atom stereocenters. The summed E-state index contributed by atoms with van der Waals surface area (Å²) in [5.41, 5.74) is 10.9. The summed E-state index contributed by atoms with van der Waals surface area (Å²) >= 11 is 0. The lowest BCUT2D eigenvalue weighted by Crippen LogP contribution is -2.36. The van der Waals surface area contributed by atoms with Crippen LogP contribution in [0.5, 0.6) is 0 Å². The van der Waals surface area contributed by atoms with E-state index in [4.69, 9.17) is 10.5 Å². The minimum Gasteiger partial charge on any atom is -0.388 e. The largest absolute Gasteiger partial charge is 0.388 e. The average molecular weight is 414 g/mol. The van der Waals surface area contributed by atoms with Crippen LogP contribution in [-0.2, 0) is 4.74 Å². The van der Waals surface area contributed by atoms with Gasteiger partial charge in [0, 0.05) is 36.8 Å². The summed E-state index contributed by atoms with van der Waals surface area (Å²) in [6.07, 6.45) is 9.87. The molecule has 2 aliphatic rings. The molecule has 4 rings (SSSR count). The van der Waals surface area contributed by atoms with Crippen LogP contribution in [0.25, 0.3) is 10.9 Å². The first-order chi connectivity index (χ1) is 14.7. The molecule has 4 N–H and O–H groups in total. The van der Waals surface area contributed by atoms with Crippen molar-refractivity contribution in [2.24, 2.45) is 15.8 Å². The molecular formula is C21H31N7O2. The summed E-state index contributed by atoms with van der Waals surface area (Å²) in [6, 6.07) is 5.77. The van der Waals surface area contributed by atoms with Gasteiger partial charge < -0.3 is 15.6 Å². The number of nitrogens with two attached hydrogens (primary N) is 1. The Morgan fingerprint density at radius 1 is 1.20 bits per heavy atom. The molecule has 162 valence electrons. The molecule has 0 spiro atoms. The molecule has 0 saturated carbocycles. The standard InChI is InChI=1S/C21H31N7O2/c22-21(23-19(15-29)24-26-27-11-4-1-2-5-12-27)16-8-7-9-18-17(16)14-28(25-18)20-10-3-6-13-30-20/h7-9,14,20,26,29H,1-6,10-13,15H2,(H2,22,23,24). The first-order valence-electron chi connectivity index (χ1n) is 10.9. The second kappa shape index (κ2) is 10.0.